The predicted octanol–water partition coefficient (Wildman–Crippen LogP) is 4.77. The molecule has 0 aromatic heterocycles. The number of carbonyl (C=O) groups excluding carboxylic acids is 2. The number of nitrogens with one attached hydrogen (secondary N) is 1. The molecule has 6 nitrogen and oxygen atoms in total. The maximum Gasteiger partial charge on any atom is 0.282 e. The van der Waals surface area contributed by atoms with Crippen LogP contribution in [0, 0.1) is 6.92 Å². The second-order valence-corrected chi connectivity index (χ2v) is 7.67. The average Bonchev–Trinajstić information content (AvgIpc) is 3.32. The van der Waals surface area contributed by atoms with Crippen LogP contribution in [0.25, 0.3) is 5.57 Å². The van der Waals surface area contributed by atoms with Crippen LogP contribution in [-0.2, 0) is 9.59 Å². The second kappa shape index (κ2) is 7.49. The van der Waals surface area contributed by atoms with Crippen LogP contribution in [0.15, 0.2) is 72.4 Å². The van der Waals surface area contributed by atoms with Gasteiger partial charge in [0, 0.05) is 16.8 Å². The number of aryl methyl sites for hydroxylation is 1. The Bertz CT molecular complexity index is 1230. The summed E-state index contributed by atoms with van der Waals surface area (Å²) in [5, 5.41) is 3.65. The maximum absolute atomic E-state index is 13.4. The zero-order chi connectivity index (χ0) is 21.5. The molecule has 3 aromatic carbocycles. The fourth-order valence-corrected chi connectivity index (χ4v) is 3.70. The molecule has 0 saturated carbocycles. The van der Waals surface area contributed by atoms with Crippen LogP contribution in [-0.4, -0.2) is 18.6 Å². The third-order valence-corrected chi connectivity index (χ3v) is 5.40. The smallest absolute Gasteiger partial charge is 0.282 e. The van der Waals surface area contributed by atoms with Gasteiger partial charge in [0.05, 0.1) is 11.3 Å². The van der Waals surface area contributed by atoms with Crippen LogP contribution in [0.3, 0.4) is 0 Å². The Morgan fingerprint density at radius 1 is 0.871 bits per heavy atom. The standard InChI is InChI=1S/C24H17ClN2O4/c1-14-2-4-15(5-3-14)21-22(26-17-8-11-19-20(12-17)31-13-30-19)24(29)27(23(21)28)18-9-6-16(25)7-10-18/h2-12,26H,13H2,1H3. The van der Waals surface area contributed by atoms with E-state index in [0.29, 0.717) is 39.0 Å². The monoisotopic (exact) mass is 432 g/mol. The van der Waals surface area contributed by atoms with Crippen LogP contribution in [0.2, 0.25) is 5.02 Å². The number of anilines is 2. The number of halogens is 1. The van der Waals surface area contributed by atoms with E-state index in [0.717, 1.165) is 10.5 Å². The minimum atomic E-state index is -0.444. The van der Waals surface area contributed by atoms with E-state index in [1.807, 2.05) is 31.2 Å². The number of rotatable bonds is 4. The molecule has 5 rings (SSSR count). The van der Waals surface area contributed by atoms with Crippen LogP contribution in [0.1, 0.15) is 11.1 Å². The number of amides is 2. The molecule has 0 fully saturated rings. The number of nitrogens with zero attached hydrogens (tertiary/aromatic N) is 1. The summed E-state index contributed by atoms with van der Waals surface area (Å²) in [7, 11) is 0. The van der Waals surface area contributed by atoms with Gasteiger partial charge in [0.25, 0.3) is 11.8 Å². The van der Waals surface area contributed by atoms with Gasteiger partial charge in [0.15, 0.2) is 11.5 Å². The summed E-state index contributed by atoms with van der Waals surface area (Å²) in [5.41, 5.74) is 3.28. The van der Waals surface area contributed by atoms with Crippen LogP contribution < -0.4 is 19.7 Å². The van der Waals surface area contributed by atoms with Crippen molar-refractivity contribution in [2.75, 3.05) is 17.0 Å². The molecule has 2 amide bonds. The summed E-state index contributed by atoms with van der Waals surface area (Å²) >= 11 is 5.98. The zero-order valence-electron chi connectivity index (χ0n) is 16.5. The largest absolute Gasteiger partial charge is 0.454 e. The summed E-state index contributed by atoms with van der Waals surface area (Å²) in [4.78, 5) is 27.9. The molecule has 31 heavy (non-hydrogen) atoms. The topological polar surface area (TPSA) is 67.9 Å². The third kappa shape index (κ3) is 3.41. The van der Waals surface area contributed by atoms with E-state index in [9.17, 15) is 9.59 Å². The molecule has 2 aliphatic rings. The lowest BCUT2D eigenvalue weighted by Crippen LogP contribution is -2.32. The first-order chi connectivity index (χ1) is 15.0. The number of imide groups is 1. The quantitative estimate of drug-likeness (QED) is 0.601. The van der Waals surface area contributed by atoms with E-state index in [2.05, 4.69) is 5.32 Å². The van der Waals surface area contributed by atoms with Gasteiger partial charge < -0.3 is 14.8 Å². The summed E-state index contributed by atoms with van der Waals surface area (Å²) in [6.07, 6.45) is 0. The highest BCUT2D eigenvalue weighted by molar-refractivity contribution is 6.46. The van der Waals surface area contributed by atoms with Gasteiger partial charge in [-0.3, -0.25) is 9.59 Å². The first-order valence-corrected chi connectivity index (χ1v) is 10.0. The van der Waals surface area contributed by atoms with Gasteiger partial charge in [0.2, 0.25) is 6.79 Å². The molecule has 0 bridgehead atoms. The molecule has 0 unspecified atom stereocenters. The molecule has 2 heterocycles. The van der Waals surface area contributed by atoms with Crippen molar-refractivity contribution >= 4 is 40.4 Å². The Balaban J connectivity index is 1.59. The highest BCUT2D eigenvalue weighted by Gasteiger charge is 2.40. The lowest BCUT2D eigenvalue weighted by atomic mass is 10.0. The van der Waals surface area contributed by atoms with Crippen LogP contribution in [0.5, 0.6) is 11.5 Å². The van der Waals surface area contributed by atoms with Gasteiger partial charge in [-0.1, -0.05) is 41.4 Å². The van der Waals surface area contributed by atoms with E-state index in [1.165, 1.54) is 0 Å². The summed E-state index contributed by atoms with van der Waals surface area (Å²) < 4.78 is 10.8. The number of carbonyl (C=O) groups is 2. The van der Waals surface area contributed by atoms with Gasteiger partial charge in [-0.15, -0.1) is 0 Å². The number of ether oxygens (including phenoxy) is 2. The third-order valence-electron chi connectivity index (χ3n) is 5.15. The van der Waals surface area contributed by atoms with E-state index >= 15 is 0 Å². The Hall–Kier alpha value is -3.77. The molecule has 7 heteroatoms. The molecule has 1 N–H and O–H groups in total. The van der Waals surface area contributed by atoms with Gasteiger partial charge >= 0.3 is 0 Å². The average molecular weight is 433 g/mol. The number of benzene rings is 3. The summed E-state index contributed by atoms with van der Waals surface area (Å²) in [5.74, 6) is 0.365. The van der Waals surface area contributed by atoms with Gasteiger partial charge in [-0.05, 0) is 48.9 Å². The van der Waals surface area contributed by atoms with E-state index in [4.69, 9.17) is 21.1 Å². The highest BCUT2D eigenvalue weighted by Crippen LogP contribution is 2.37. The molecule has 0 atom stereocenters. The lowest BCUT2D eigenvalue weighted by Gasteiger charge is -2.15. The molecular formula is C24H17ClN2O4. The second-order valence-electron chi connectivity index (χ2n) is 7.23. The van der Waals surface area contributed by atoms with Crippen molar-refractivity contribution in [1.29, 1.82) is 0 Å². The van der Waals surface area contributed by atoms with Gasteiger partial charge in [0.1, 0.15) is 5.70 Å². The Morgan fingerprint density at radius 2 is 1.58 bits per heavy atom. The predicted molar refractivity (Wildman–Crippen MR) is 118 cm³/mol. The number of hydrogen-bond donors (Lipinski definition) is 1. The molecular weight excluding hydrogens is 416 g/mol. The maximum atomic E-state index is 13.4. The van der Waals surface area contributed by atoms with Crippen molar-refractivity contribution < 1.29 is 19.1 Å². The first-order valence-electron chi connectivity index (χ1n) is 9.63. The number of hydrogen-bond acceptors (Lipinski definition) is 5. The SMILES string of the molecule is Cc1ccc(C2=C(Nc3ccc4c(c3)OCO4)C(=O)N(c3ccc(Cl)cc3)C2=O)cc1. The van der Waals surface area contributed by atoms with Crippen molar-refractivity contribution in [1.82, 2.24) is 0 Å². The van der Waals surface area contributed by atoms with Crippen LogP contribution >= 0.6 is 11.6 Å². The zero-order valence-corrected chi connectivity index (χ0v) is 17.3. The fraction of sp³-hybridized carbons (Fsp3) is 0.0833. The minimum absolute atomic E-state index is 0.151. The van der Waals surface area contributed by atoms with Crippen molar-refractivity contribution in [3.63, 3.8) is 0 Å². The van der Waals surface area contributed by atoms with E-state index < -0.39 is 11.8 Å². The Morgan fingerprint density at radius 3 is 2.32 bits per heavy atom. The number of fused-ring (bicyclic) bond motifs is 1. The molecule has 0 radical (unpaired) electrons. The molecule has 0 spiro atoms. The van der Waals surface area contributed by atoms with Crippen LogP contribution in [0.4, 0.5) is 11.4 Å². The first kappa shape index (κ1) is 19.2. The molecule has 154 valence electrons. The van der Waals surface area contributed by atoms with E-state index in [-0.39, 0.29) is 12.5 Å². The van der Waals surface area contributed by atoms with Crippen molar-refractivity contribution in [3.8, 4) is 11.5 Å². The van der Waals surface area contributed by atoms with Gasteiger partial charge in [-0.2, -0.15) is 0 Å². The Labute approximate surface area is 183 Å². The summed E-state index contributed by atoms with van der Waals surface area (Å²) in [6, 6.07) is 19.3. The molecule has 2 aliphatic heterocycles. The summed E-state index contributed by atoms with van der Waals surface area (Å²) in [6.45, 7) is 2.11. The molecule has 0 saturated heterocycles. The van der Waals surface area contributed by atoms with Gasteiger partial charge in [-0.25, -0.2) is 4.90 Å². The molecule has 3 aromatic rings. The lowest BCUT2D eigenvalue weighted by molar-refractivity contribution is -0.120. The van der Waals surface area contributed by atoms with E-state index in [1.54, 1.807) is 42.5 Å². The fourth-order valence-electron chi connectivity index (χ4n) is 3.58. The van der Waals surface area contributed by atoms with Crippen molar-refractivity contribution in [3.05, 3.63) is 88.6 Å². The molecule has 0 aliphatic carbocycles. The Kier molecular flexibility index (Phi) is 4.64. The highest BCUT2D eigenvalue weighted by atomic mass is 35.5. The minimum Gasteiger partial charge on any atom is -0.454 e. The van der Waals surface area contributed by atoms with Crippen molar-refractivity contribution in [2.45, 2.75) is 6.92 Å². The normalized spacial score (nSPS) is 15.1. The van der Waals surface area contributed by atoms with Crippen molar-refractivity contribution in [2.24, 2.45) is 0 Å².